The van der Waals surface area contributed by atoms with Gasteiger partial charge in [-0.3, -0.25) is 9.69 Å². The highest BCUT2D eigenvalue weighted by Crippen LogP contribution is 2.29. The van der Waals surface area contributed by atoms with E-state index in [-0.39, 0.29) is 12.5 Å². The van der Waals surface area contributed by atoms with Gasteiger partial charge in [0.15, 0.2) is 5.54 Å². The number of aryl methyl sites for hydroxylation is 1. The molecule has 0 spiro atoms. The molecule has 1 aliphatic rings. The second-order valence-electron chi connectivity index (χ2n) is 4.17. The third-order valence-electron chi connectivity index (χ3n) is 2.82. The quantitative estimate of drug-likeness (QED) is 0.637. The number of amides is 3. The molecule has 1 aromatic rings. The SMILES string of the molecule is C=CCN1C(=O)NC(C)(c2ccc(C)o2)C1=O. The first-order valence-corrected chi connectivity index (χ1v) is 5.31. The molecule has 1 saturated heterocycles. The van der Waals surface area contributed by atoms with Gasteiger partial charge in [-0.1, -0.05) is 6.08 Å². The molecule has 5 nitrogen and oxygen atoms in total. The van der Waals surface area contributed by atoms with E-state index in [9.17, 15) is 9.59 Å². The largest absolute Gasteiger partial charge is 0.463 e. The molecule has 0 bridgehead atoms. The van der Waals surface area contributed by atoms with Crippen molar-refractivity contribution in [2.24, 2.45) is 0 Å². The summed E-state index contributed by atoms with van der Waals surface area (Å²) < 4.78 is 5.43. The predicted octanol–water partition coefficient (Wildman–Crippen LogP) is 1.54. The average molecular weight is 234 g/mol. The van der Waals surface area contributed by atoms with E-state index in [0.29, 0.717) is 11.5 Å². The molecule has 1 aromatic heterocycles. The Labute approximate surface area is 99.1 Å². The fourth-order valence-corrected chi connectivity index (χ4v) is 1.86. The summed E-state index contributed by atoms with van der Waals surface area (Å²) in [5.41, 5.74) is -1.12. The lowest BCUT2D eigenvalue weighted by molar-refractivity contribution is -0.131. The minimum Gasteiger partial charge on any atom is -0.463 e. The Morgan fingerprint density at radius 1 is 1.53 bits per heavy atom. The van der Waals surface area contributed by atoms with Gasteiger partial charge >= 0.3 is 6.03 Å². The lowest BCUT2D eigenvalue weighted by Crippen LogP contribution is -2.40. The van der Waals surface area contributed by atoms with E-state index in [4.69, 9.17) is 4.42 Å². The number of rotatable bonds is 3. The first kappa shape index (κ1) is 11.4. The molecule has 17 heavy (non-hydrogen) atoms. The van der Waals surface area contributed by atoms with Crippen molar-refractivity contribution in [3.63, 3.8) is 0 Å². The molecule has 0 radical (unpaired) electrons. The fraction of sp³-hybridized carbons (Fsp3) is 0.333. The van der Waals surface area contributed by atoms with E-state index < -0.39 is 11.6 Å². The molecule has 0 saturated carbocycles. The van der Waals surface area contributed by atoms with Crippen LogP contribution < -0.4 is 5.32 Å². The zero-order valence-electron chi connectivity index (χ0n) is 9.82. The van der Waals surface area contributed by atoms with Crippen molar-refractivity contribution in [1.82, 2.24) is 10.2 Å². The fourth-order valence-electron chi connectivity index (χ4n) is 1.86. The van der Waals surface area contributed by atoms with Crippen molar-refractivity contribution in [2.75, 3.05) is 6.54 Å². The Morgan fingerprint density at radius 3 is 2.76 bits per heavy atom. The summed E-state index contributed by atoms with van der Waals surface area (Å²) in [4.78, 5) is 25.0. The topological polar surface area (TPSA) is 62.6 Å². The first-order chi connectivity index (χ1) is 7.99. The third kappa shape index (κ3) is 1.63. The minimum atomic E-state index is -1.12. The minimum absolute atomic E-state index is 0.194. The second-order valence-corrected chi connectivity index (χ2v) is 4.17. The zero-order chi connectivity index (χ0) is 12.6. The highest BCUT2D eigenvalue weighted by atomic mass is 16.3. The number of nitrogens with zero attached hydrogens (tertiary/aromatic N) is 1. The van der Waals surface area contributed by atoms with E-state index in [1.54, 1.807) is 26.0 Å². The van der Waals surface area contributed by atoms with Gasteiger partial charge in [-0.05, 0) is 26.0 Å². The zero-order valence-corrected chi connectivity index (χ0v) is 9.82. The summed E-state index contributed by atoms with van der Waals surface area (Å²) in [7, 11) is 0. The number of nitrogens with one attached hydrogen (secondary N) is 1. The standard InChI is InChI=1S/C12H14N2O3/c1-4-7-14-10(15)12(3,13-11(14)16)9-6-5-8(2)17-9/h4-6H,1,7H2,2-3H3,(H,13,16). The number of furan rings is 1. The van der Waals surface area contributed by atoms with Crippen LogP contribution in [0.25, 0.3) is 0 Å². The molecule has 1 aliphatic heterocycles. The van der Waals surface area contributed by atoms with Crippen LogP contribution >= 0.6 is 0 Å². The number of urea groups is 1. The van der Waals surface area contributed by atoms with E-state index in [0.717, 1.165) is 4.90 Å². The van der Waals surface area contributed by atoms with Gasteiger partial charge in [0, 0.05) is 6.54 Å². The number of imide groups is 1. The van der Waals surface area contributed by atoms with Crippen LogP contribution in [0.5, 0.6) is 0 Å². The van der Waals surface area contributed by atoms with Crippen LogP contribution in [0.15, 0.2) is 29.2 Å². The number of carbonyl (C=O) groups is 2. The molecule has 5 heteroatoms. The highest BCUT2D eigenvalue weighted by molar-refractivity contribution is 6.07. The van der Waals surface area contributed by atoms with E-state index in [2.05, 4.69) is 11.9 Å². The van der Waals surface area contributed by atoms with Crippen molar-refractivity contribution in [1.29, 1.82) is 0 Å². The van der Waals surface area contributed by atoms with Crippen LogP contribution in [-0.2, 0) is 10.3 Å². The molecule has 1 fully saturated rings. The second kappa shape index (κ2) is 3.76. The molecule has 1 atom stereocenters. The molecule has 0 aliphatic carbocycles. The molecular weight excluding hydrogens is 220 g/mol. The van der Waals surface area contributed by atoms with Gasteiger partial charge in [0.25, 0.3) is 5.91 Å². The van der Waals surface area contributed by atoms with Crippen LogP contribution in [0.1, 0.15) is 18.4 Å². The molecule has 2 rings (SSSR count). The lowest BCUT2D eigenvalue weighted by atomic mass is 9.99. The molecule has 90 valence electrons. The maximum atomic E-state index is 12.2. The van der Waals surface area contributed by atoms with Crippen molar-refractivity contribution >= 4 is 11.9 Å². The molecule has 1 unspecified atom stereocenters. The van der Waals surface area contributed by atoms with E-state index in [1.807, 2.05) is 0 Å². The summed E-state index contributed by atoms with van der Waals surface area (Å²) in [5.74, 6) is 0.821. The van der Waals surface area contributed by atoms with Gasteiger partial charge in [-0.2, -0.15) is 0 Å². The summed E-state index contributed by atoms with van der Waals surface area (Å²) in [6, 6.07) is 3.03. The van der Waals surface area contributed by atoms with Crippen LogP contribution in [0.2, 0.25) is 0 Å². The van der Waals surface area contributed by atoms with Gasteiger partial charge in [-0.15, -0.1) is 6.58 Å². The smallest absolute Gasteiger partial charge is 0.325 e. The van der Waals surface area contributed by atoms with Gasteiger partial charge in [0.05, 0.1) is 0 Å². The summed E-state index contributed by atoms with van der Waals surface area (Å²) >= 11 is 0. The van der Waals surface area contributed by atoms with Crippen molar-refractivity contribution < 1.29 is 14.0 Å². The van der Waals surface area contributed by atoms with E-state index >= 15 is 0 Å². The number of hydrogen-bond donors (Lipinski definition) is 1. The monoisotopic (exact) mass is 234 g/mol. The Balaban J connectivity index is 2.37. The van der Waals surface area contributed by atoms with Crippen LogP contribution in [-0.4, -0.2) is 23.4 Å². The van der Waals surface area contributed by atoms with Crippen LogP contribution in [0, 0.1) is 6.92 Å². The maximum Gasteiger partial charge on any atom is 0.325 e. The molecule has 2 heterocycles. The van der Waals surface area contributed by atoms with Crippen LogP contribution in [0.3, 0.4) is 0 Å². The third-order valence-corrected chi connectivity index (χ3v) is 2.82. The van der Waals surface area contributed by atoms with Gasteiger partial charge in [0.2, 0.25) is 0 Å². The van der Waals surface area contributed by atoms with Gasteiger partial charge in [0.1, 0.15) is 11.5 Å². The first-order valence-electron chi connectivity index (χ1n) is 5.31. The molecule has 1 N–H and O–H groups in total. The Bertz CT molecular complexity index is 492. The van der Waals surface area contributed by atoms with Gasteiger partial charge in [-0.25, -0.2) is 4.79 Å². The Hall–Kier alpha value is -2.04. The van der Waals surface area contributed by atoms with Crippen molar-refractivity contribution in [3.05, 3.63) is 36.3 Å². The Kier molecular flexibility index (Phi) is 2.53. The molecule has 3 amide bonds. The normalized spacial score (nSPS) is 24.0. The van der Waals surface area contributed by atoms with E-state index in [1.165, 1.54) is 6.08 Å². The number of hydrogen-bond acceptors (Lipinski definition) is 3. The predicted molar refractivity (Wildman–Crippen MR) is 61.2 cm³/mol. The Morgan fingerprint density at radius 2 is 2.24 bits per heavy atom. The average Bonchev–Trinajstić information content (AvgIpc) is 2.78. The molecular formula is C12H14N2O3. The summed E-state index contributed by atoms with van der Waals surface area (Å²) in [6.07, 6.45) is 1.51. The highest BCUT2D eigenvalue weighted by Gasteiger charge is 2.50. The van der Waals surface area contributed by atoms with Crippen LogP contribution in [0.4, 0.5) is 4.79 Å². The summed E-state index contributed by atoms with van der Waals surface area (Å²) in [6.45, 7) is 7.14. The van der Waals surface area contributed by atoms with Gasteiger partial charge < -0.3 is 9.73 Å². The van der Waals surface area contributed by atoms with Crippen molar-refractivity contribution in [2.45, 2.75) is 19.4 Å². The lowest BCUT2D eigenvalue weighted by Gasteiger charge is -2.18. The maximum absolute atomic E-state index is 12.2. The number of carbonyl (C=O) groups excluding carboxylic acids is 2. The van der Waals surface area contributed by atoms with Crippen molar-refractivity contribution in [3.8, 4) is 0 Å². The summed E-state index contributed by atoms with van der Waals surface area (Å²) in [5, 5.41) is 2.64. The molecule has 0 aromatic carbocycles.